The molecule has 27 heavy (non-hydrogen) atoms. The third-order valence-electron chi connectivity index (χ3n) is 3.45. The van der Waals surface area contributed by atoms with Crippen LogP contribution in [-0.4, -0.2) is 32.8 Å². The number of anilines is 1. The Balaban J connectivity index is 1.94. The fraction of sp³-hybridized carbons (Fsp3) is 0.263. The van der Waals surface area contributed by atoms with Crippen LogP contribution in [0.3, 0.4) is 0 Å². The Kier molecular flexibility index (Phi) is 6.70. The molecular formula is C19H22N2O5S. The fourth-order valence-electron chi connectivity index (χ4n) is 2.26. The number of hydrogen-bond donors (Lipinski definition) is 2. The summed E-state index contributed by atoms with van der Waals surface area (Å²) in [5, 5.41) is 2.64. The van der Waals surface area contributed by atoms with Gasteiger partial charge in [-0.25, -0.2) is 13.1 Å². The van der Waals surface area contributed by atoms with E-state index in [1.54, 1.807) is 38.1 Å². The van der Waals surface area contributed by atoms with Crippen molar-refractivity contribution in [3.05, 3.63) is 54.1 Å². The number of amides is 1. The third kappa shape index (κ3) is 6.19. The lowest BCUT2D eigenvalue weighted by molar-refractivity contribution is -0.118. The summed E-state index contributed by atoms with van der Waals surface area (Å²) < 4.78 is 32.0. The second kappa shape index (κ2) is 8.79. The minimum absolute atomic E-state index is 0.0932. The quantitative estimate of drug-likeness (QED) is 0.675. The Morgan fingerprint density at radius 3 is 2.33 bits per heavy atom. The molecule has 0 bridgehead atoms. The van der Waals surface area contributed by atoms with Crippen molar-refractivity contribution in [3.8, 4) is 5.75 Å². The molecule has 0 fully saturated rings. The van der Waals surface area contributed by atoms with E-state index in [4.69, 9.17) is 4.74 Å². The smallest absolute Gasteiger partial charge is 0.262 e. The first-order valence-corrected chi connectivity index (χ1v) is 9.82. The van der Waals surface area contributed by atoms with E-state index in [2.05, 4.69) is 10.0 Å². The van der Waals surface area contributed by atoms with Gasteiger partial charge in [-0.3, -0.25) is 9.59 Å². The van der Waals surface area contributed by atoms with Gasteiger partial charge in [-0.05, 0) is 57.2 Å². The van der Waals surface area contributed by atoms with Crippen LogP contribution in [0, 0.1) is 0 Å². The van der Waals surface area contributed by atoms with Crippen molar-refractivity contribution in [1.29, 1.82) is 0 Å². The summed E-state index contributed by atoms with van der Waals surface area (Å²) in [6.07, 6.45) is 0. The maximum atomic E-state index is 12.1. The van der Waals surface area contributed by atoms with Crippen molar-refractivity contribution in [2.75, 3.05) is 11.9 Å². The molecule has 0 unspecified atom stereocenters. The van der Waals surface area contributed by atoms with Crippen LogP contribution < -0.4 is 14.8 Å². The third-order valence-corrected chi connectivity index (χ3v) is 5.12. The highest BCUT2D eigenvalue weighted by Gasteiger charge is 2.15. The molecule has 8 heteroatoms. The summed E-state index contributed by atoms with van der Waals surface area (Å²) in [4.78, 5) is 23.5. The number of nitrogens with one attached hydrogen (secondary N) is 2. The zero-order valence-electron chi connectivity index (χ0n) is 15.4. The first-order chi connectivity index (χ1) is 12.7. The summed E-state index contributed by atoms with van der Waals surface area (Å²) in [7, 11) is -3.57. The molecule has 0 heterocycles. The lowest BCUT2D eigenvalue weighted by atomic mass is 10.1. The van der Waals surface area contributed by atoms with Crippen molar-refractivity contribution in [3.63, 3.8) is 0 Å². The van der Waals surface area contributed by atoms with Gasteiger partial charge in [-0.2, -0.15) is 0 Å². The molecule has 1 amide bonds. The lowest BCUT2D eigenvalue weighted by Gasteiger charge is -2.11. The maximum Gasteiger partial charge on any atom is 0.262 e. The summed E-state index contributed by atoms with van der Waals surface area (Å²) >= 11 is 0. The maximum absolute atomic E-state index is 12.1. The normalized spacial score (nSPS) is 11.3. The summed E-state index contributed by atoms with van der Waals surface area (Å²) in [5.74, 6) is -0.121. The van der Waals surface area contributed by atoms with Gasteiger partial charge >= 0.3 is 0 Å². The van der Waals surface area contributed by atoms with E-state index >= 15 is 0 Å². The van der Waals surface area contributed by atoms with Crippen LogP contribution in [0.25, 0.3) is 0 Å². The molecule has 0 aliphatic rings. The number of carbonyl (C=O) groups is 2. The number of rotatable bonds is 8. The highest BCUT2D eigenvalue weighted by atomic mass is 32.2. The molecule has 2 aromatic rings. The Hall–Kier alpha value is -2.71. The number of ether oxygens (including phenoxy) is 1. The van der Waals surface area contributed by atoms with E-state index in [-0.39, 0.29) is 23.3 Å². The van der Waals surface area contributed by atoms with E-state index < -0.39 is 15.9 Å². The fourth-order valence-corrected chi connectivity index (χ4v) is 3.51. The minimum atomic E-state index is -3.57. The average molecular weight is 390 g/mol. The molecule has 0 saturated carbocycles. The summed E-state index contributed by atoms with van der Waals surface area (Å²) in [6, 6.07) is 12.2. The first-order valence-electron chi connectivity index (χ1n) is 8.33. The standard InChI is InChI=1S/C19H22N2O5S/c1-13(2)21-27(24,25)18-9-7-17(8-10-18)26-12-19(23)20-16-6-4-5-15(11-16)14(3)22/h4-11,13,21H,12H2,1-3H3,(H,20,23). The molecule has 0 radical (unpaired) electrons. The largest absolute Gasteiger partial charge is 0.484 e. The van der Waals surface area contributed by atoms with Gasteiger partial charge in [0.2, 0.25) is 10.0 Å². The molecule has 2 N–H and O–H groups in total. The van der Waals surface area contributed by atoms with Crippen LogP contribution in [0.5, 0.6) is 5.75 Å². The van der Waals surface area contributed by atoms with Crippen molar-refractivity contribution in [1.82, 2.24) is 4.72 Å². The molecule has 0 aliphatic carbocycles. The van der Waals surface area contributed by atoms with Crippen LogP contribution in [0.15, 0.2) is 53.4 Å². The van der Waals surface area contributed by atoms with E-state index in [0.29, 0.717) is 17.0 Å². The molecule has 0 spiro atoms. The van der Waals surface area contributed by atoms with Gasteiger partial charge in [0.1, 0.15) is 5.75 Å². The predicted molar refractivity (Wildman–Crippen MR) is 102 cm³/mol. The SMILES string of the molecule is CC(=O)c1cccc(NC(=O)COc2ccc(S(=O)(=O)NC(C)C)cc2)c1. The van der Waals surface area contributed by atoms with E-state index in [1.807, 2.05) is 0 Å². The average Bonchev–Trinajstić information content (AvgIpc) is 2.59. The van der Waals surface area contributed by atoms with Crippen molar-refractivity contribution in [2.45, 2.75) is 31.7 Å². The molecular weight excluding hydrogens is 368 g/mol. The van der Waals surface area contributed by atoms with Crippen molar-refractivity contribution in [2.24, 2.45) is 0 Å². The molecule has 7 nitrogen and oxygen atoms in total. The molecule has 2 aromatic carbocycles. The summed E-state index contributed by atoms with van der Waals surface area (Å²) in [6.45, 7) is 4.67. The highest BCUT2D eigenvalue weighted by molar-refractivity contribution is 7.89. The van der Waals surface area contributed by atoms with Crippen molar-refractivity contribution < 1.29 is 22.7 Å². The number of hydrogen-bond acceptors (Lipinski definition) is 5. The predicted octanol–water partition coefficient (Wildman–Crippen LogP) is 2.59. The van der Waals surface area contributed by atoms with Gasteiger partial charge in [0.25, 0.3) is 5.91 Å². The molecule has 0 aromatic heterocycles. The minimum Gasteiger partial charge on any atom is -0.484 e. The van der Waals surface area contributed by atoms with Gasteiger partial charge in [0.05, 0.1) is 4.90 Å². The van der Waals surface area contributed by atoms with Crippen LogP contribution >= 0.6 is 0 Å². The monoisotopic (exact) mass is 390 g/mol. The van der Waals surface area contributed by atoms with Crippen LogP contribution in [-0.2, 0) is 14.8 Å². The Morgan fingerprint density at radius 2 is 1.74 bits per heavy atom. The van der Waals surface area contributed by atoms with E-state index in [9.17, 15) is 18.0 Å². The lowest BCUT2D eigenvalue weighted by Crippen LogP contribution is -2.30. The molecule has 0 saturated heterocycles. The van der Waals surface area contributed by atoms with Gasteiger partial charge < -0.3 is 10.1 Å². The molecule has 2 rings (SSSR count). The van der Waals surface area contributed by atoms with Gasteiger partial charge in [-0.15, -0.1) is 0 Å². The zero-order chi connectivity index (χ0) is 20.0. The molecule has 0 aliphatic heterocycles. The van der Waals surface area contributed by atoms with E-state index in [1.165, 1.54) is 31.2 Å². The van der Waals surface area contributed by atoms with Gasteiger partial charge in [-0.1, -0.05) is 12.1 Å². The number of carbonyl (C=O) groups excluding carboxylic acids is 2. The Labute approximate surface area is 158 Å². The Morgan fingerprint density at radius 1 is 1.07 bits per heavy atom. The second-order valence-corrected chi connectivity index (χ2v) is 7.94. The van der Waals surface area contributed by atoms with Crippen molar-refractivity contribution >= 4 is 27.4 Å². The molecule has 144 valence electrons. The van der Waals surface area contributed by atoms with Crippen LogP contribution in [0.1, 0.15) is 31.1 Å². The number of benzene rings is 2. The second-order valence-electron chi connectivity index (χ2n) is 6.22. The number of sulfonamides is 1. The zero-order valence-corrected chi connectivity index (χ0v) is 16.2. The number of Topliss-reactive ketones (excluding diaryl/α,β-unsaturated/α-hetero) is 1. The summed E-state index contributed by atoms with van der Waals surface area (Å²) in [5.41, 5.74) is 0.998. The topological polar surface area (TPSA) is 102 Å². The van der Waals surface area contributed by atoms with Gasteiger partial charge in [0.15, 0.2) is 12.4 Å². The van der Waals surface area contributed by atoms with Crippen LogP contribution in [0.4, 0.5) is 5.69 Å². The van der Waals surface area contributed by atoms with Crippen LogP contribution in [0.2, 0.25) is 0 Å². The Bertz CT molecular complexity index is 921. The van der Waals surface area contributed by atoms with Gasteiger partial charge in [0, 0.05) is 17.3 Å². The molecule has 0 atom stereocenters. The van der Waals surface area contributed by atoms with E-state index in [0.717, 1.165) is 0 Å². The number of ketones is 1. The first kappa shape index (κ1) is 20.6. The highest BCUT2D eigenvalue weighted by Crippen LogP contribution is 2.16.